The maximum absolute atomic E-state index is 11.8. The Kier molecular flexibility index (Phi) is 4.96. The van der Waals surface area contributed by atoms with Crippen LogP contribution in [0.3, 0.4) is 0 Å². The first-order valence-electron chi connectivity index (χ1n) is 6.36. The molecule has 1 aromatic heterocycles. The van der Waals surface area contributed by atoms with Crippen LogP contribution in [-0.2, 0) is 4.79 Å². The SMILES string of the molecule is C[C@@H](NC(=O)CC(N)CC(C)(C)C)c1ccco1. The molecule has 1 heterocycles. The number of nitrogens with two attached hydrogens (primary N) is 1. The number of hydrogen-bond donors (Lipinski definition) is 2. The molecule has 0 aliphatic heterocycles. The van der Waals surface area contributed by atoms with E-state index in [1.807, 2.05) is 19.1 Å². The molecule has 4 nitrogen and oxygen atoms in total. The van der Waals surface area contributed by atoms with Crippen molar-refractivity contribution in [1.82, 2.24) is 5.32 Å². The van der Waals surface area contributed by atoms with Crippen molar-refractivity contribution in [1.29, 1.82) is 0 Å². The molecule has 0 radical (unpaired) electrons. The van der Waals surface area contributed by atoms with Crippen molar-refractivity contribution in [2.45, 2.75) is 52.6 Å². The molecule has 102 valence electrons. The van der Waals surface area contributed by atoms with Gasteiger partial charge in [-0.05, 0) is 30.9 Å². The Morgan fingerprint density at radius 2 is 2.17 bits per heavy atom. The van der Waals surface area contributed by atoms with Crippen LogP contribution < -0.4 is 11.1 Å². The molecule has 0 spiro atoms. The van der Waals surface area contributed by atoms with Crippen LogP contribution in [0.2, 0.25) is 0 Å². The average molecular weight is 252 g/mol. The fourth-order valence-electron chi connectivity index (χ4n) is 2.01. The predicted octanol–water partition coefficient (Wildman–Crippen LogP) is 2.61. The van der Waals surface area contributed by atoms with Gasteiger partial charge < -0.3 is 15.5 Å². The molecule has 1 rings (SSSR count). The molecule has 4 heteroatoms. The van der Waals surface area contributed by atoms with Crippen molar-refractivity contribution < 1.29 is 9.21 Å². The second kappa shape index (κ2) is 6.05. The first-order chi connectivity index (χ1) is 8.28. The van der Waals surface area contributed by atoms with Gasteiger partial charge in [-0.1, -0.05) is 20.8 Å². The van der Waals surface area contributed by atoms with E-state index in [-0.39, 0.29) is 23.4 Å². The lowest BCUT2D eigenvalue weighted by atomic mass is 9.87. The summed E-state index contributed by atoms with van der Waals surface area (Å²) in [4.78, 5) is 11.8. The van der Waals surface area contributed by atoms with Crippen LogP contribution in [0.15, 0.2) is 22.8 Å². The highest BCUT2D eigenvalue weighted by Crippen LogP contribution is 2.21. The van der Waals surface area contributed by atoms with Gasteiger partial charge in [0, 0.05) is 12.5 Å². The smallest absolute Gasteiger partial charge is 0.222 e. The first kappa shape index (κ1) is 14.8. The van der Waals surface area contributed by atoms with Crippen LogP contribution in [0, 0.1) is 5.41 Å². The van der Waals surface area contributed by atoms with Crippen molar-refractivity contribution in [2.24, 2.45) is 11.1 Å². The van der Waals surface area contributed by atoms with E-state index in [1.165, 1.54) is 0 Å². The Labute approximate surface area is 109 Å². The first-order valence-corrected chi connectivity index (χ1v) is 6.36. The molecule has 0 saturated carbocycles. The van der Waals surface area contributed by atoms with E-state index in [1.54, 1.807) is 6.26 Å². The predicted molar refractivity (Wildman–Crippen MR) is 71.9 cm³/mol. The molecular formula is C14H24N2O2. The van der Waals surface area contributed by atoms with Crippen molar-refractivity contribution in [2.75, 3.05) is 0 Å². The monoisotopic (exact) mass is 252 g/mol. The molecule has 18 heavy (non-hydrogen) atoms. The molecule has 1 aromatic rings. The van der Waals surface area contributed by atoms with E-state index in [0.717, 1.165) is 12.2 Å². The molecule has 1 unspecified atom stereocenters. The van der Waals surface area contributed by atoms with Gasteiger partial charge in [-0.3, -0.25) is 4.79 Å². The van der Waals surface area contributed by atoms with Crippen LogP contribution in [0.1, 0.15) is 52.3 Å². The zero-order valence-electron chi connectivity index (χ0n) is 11.7. The van der Waals surface area contributed by atoms with Gasteiger partial charge in [0.1, 0.15) is 5.76 Å². The molecule has 0 aliphatic carbocycles. The number of amides is 1. The van der Waals surface area contributed by atoms with Gasteiger partial charge in [0.15, 0.2) is 0 Å². The zero-order valence-corrected chi connectivity index (χ0v) is 11.7. The fourth-order valence-corrected chi connectivity index (χ4v) is 2.01. The average Bonchev–Trinajstić information content (AvgIpc) is 2.65. The third-order valence-corrected chi connectivity index (χ3v) is 2.67. The van der Waals surface area contributed by atoms with Crippen molar-refractivity contribution in [3.05, 3.63) is 24.2 Å². The van der Waals surface area contributed by atoms with Crippen LogP contribution >= 0.6 is 0 Å². The molecule has 0 fully saturated rings. The Morgan fingerprint density at radius 1 is 1.50 bits per heavy atom. The molecule has 0 aliphatic rings. The van der Waals surface area contributed by atoms with Crippen molar-refractivity contribution in [3.63, 3.8) is 0 Å². The molecule has 3 N–H and O–H groups in total. The van der Waals surface area contributed by atoms with Crippen LogP contribution in [0.5, 0.6) is 0 Å². The van der Waals surface area contributed by atoms with Gasteiger partial charge in [0.05, 0.1) is 12.3 Å². The third kappa shape index (κ3) is 5.36. The summed E-state index contributed by atoms with van der Waals surface area (Å²) in [7, 11) is 0. The van der Waals surface area contributed by atoms with Crippen LogP contribution in [-0.4, -0.2) is 11.9 Å². The number of furan rings is 1. The topological polar surface area (TPSA) is 68.3 Å². The minimum atomic E-state index is -0.116. The van der Waals surface area contributed by atoms with E-state index >= 15 is 0 Å². The summed E-state index contributed by atoms with van der Waals surface area (Å²) in [6, 6.07) is 3.44. The number of carbonyl (C=O) groups is 1. The minimum absolute atomic E-state index is 0.0318. The molecule has 1 amide bonds. The zero-order chi connectivity index (χ0) is 13.8. The van der Waals surface area contributed by atoms with Gasteiger partial charge in [-0.15, -0.1) is 0 Å². The standard InChI is InChI=1S/C14H24N2O2/c1-10(12-6-5-7-18-12)16-13(17)8-11(15)9-14(2,3)4/h5-7,10-11H,8-9,15H2,1-4H3,(H,16,17)/t10-,11?/m1/s1. The summed E-state index contributed by atoms with van der Waals surface area (Å²) in [6.07, 6.45) is 2.78. The minimum Gasteiger partial charge on any atom is -0.467 e. The van der Waals surface area contributed by atoms with Gasteiger partial charge >= 0.3 is 0 Å². The summed E-state index contributed by atoms with van der Waals surface area (Å²) in [5.74, 6) is 0.725. The summed E-state index contributed by atoms with van der Waals surface area (Å²) < 4.78 is 5.24. The van der Waals surface area contributed by atoms with Crippen molar-refractivity contribution in [3.8, 4) is 0 Å². The fraction of sp³-hybridized carbons (Fsp3) is 0.643. The molecule has 2 atom stereocenters. The highest BCUT2D eigenvalue weighted by molar-refractivity contribution is 5.76. The van der Waals surface area contributed by atoms with Gasteiger partial charge in [0.2, 0.25) is 5.91 Å². The lowest BCUT2D eigenvalue weighted by Gasteiger charge is -2.23. The van der Waals surface area contributed by atoms with E-state index < -0.39 is 0 Å². The molecule has 0 saturated heterocycles. The van der Waals surface area contributed by atoms with E-state index in [2.05, 4.69) is 26.1 Å². The van der Waals surface area contributed by atoms with E-state index in [9.17, 15) is 4.79 Å². The second-order valence-electron chi connectivity index (χ2n) is 6.03. The normalized spacial score (nSPS) is 15.2. The number of carbonyl (C=O) groups excluding carboxylic acids is 1. The maximum Gasteiger partial charge on any atom is 0.222 e. The maximum atomic E-state index is 11.8. The highest BCUT2D eigenvalue weighted by atomic mass is 16.3. The summed E-state index contributed by atoms with van der Waals surface area (Å²) in [6.45, 7) is 8.26. The van der Waals surface area contributed by atoms with Gasteiger partial charge in [-0.25, -0.2) is 0 Å². The summed E-state index contributed by atoms with van der Waals surface area (Å²) in [5.41, 5.74) is 6.12. The Hall–Kier alpha value is -1.29. The number of nitrogens with one attached hydrogen (secondary N) is 1. The van der Waals surface area contributed by atoms with Gasteiger partial charge in [0.25, 0.3) is 0 Å². The lowest BCUT2D eigenvalue weighted by Crippen LogP contribution is -2.35. The quantitative estimate of drug-likeness (QED) is 0.846. The Balaban J connectivity index is 2.38. The number of rotatable bonds is 5. The Bertz CT molecular complexity index is 366. The van der Waals surface area contributed by atoms with E-state index in [4.69, 9.17) is 10.2 Å². The van der Waals surface area contributed by atoms with E-state index in [0.29, 0.717) is 6.42 Å². The highest BCUT2D eigenvalue weighted by Gasteiger charge is 2.19. The van der Waals surface area contributed by atoms with Crippen LogP contribution in [0.4, 0.5) is 0 Å². The number of hydrogen-bond acceptors (Lipinski definition) is 3. The Morgan fingerprint density at radius 3 is 2.67 bits per heavy atom. The summed E-state index contributed by atoms with van der Waals surface area (Å²) >= 11 is 0. The lowest BCUT2D eigenvalue weighted by molar-refractivity contribution is -0.122. The van der Waals surface area contributed by atoms with Gasteiger partial charge in [-0.2, -0.15) is 0 Å². The second-order valence-corrected chi connectivity index (χ2v) is 6.03. The third-order valence-electron chi connectivity index (χ3n) is 2.67. The molecule has 0 bridgehead atoms. The summed E-state index contributed by atoms with van der Waals surface area (Å²) in [5, 5.41) is 2.89. The van der Waals surface area contributed by atoms with Crippen LogP contribution in [0.25, 0.3) is 0 Å². The largest absolute Gasteiger partial charge is 0.467 e. The molecular weight excluding hydrogens is 228 g/mol. The van der Waals surface area contributed by atoms with Crippen molar-refractivity contribution >= 4 is 5.91 Å². The molecule has 0 aromatic carbocycles.